The first kappa shape index (κ1) is 19.6. The van der Waals surface area contributed by atoms with E-state index < -0.39 is 10.0 Å². The van der Waals surface area contributed by atoms with Crippen molar-refractivity contribution in [3.63, 3.8) is 0 Å². The van der Waals surface area contributed by atoms with Gasteiger partial charge in [0.25, 0.3) is 5.91 Å². The van der Waals surface area contributed by atoms with Gasteiger partial charge in [-0.15, -0.1) is 0 Å². The number of hydrogen-bond donors (Lipinski definition) is 2. The molecule has 0 aliphatic rings. The first-order valence-electron chi connectivity index (χ1n) is 7.73. The smallest absolute Gasteiger partial charge is 0.251 e. The lowest BCUT2D eigenvalue weighted by molar-refractivity contribution is 0.0934. The van der Waals surface area contributed by atoms with E-state index in [-0.39, 0.29) is 16.8 Å². The lowest BCUT2D eigenvalue weighted by Crippen LogP contribution is -2.43. The van der Waals surface area contributed by atoms with E-state index in [9.17, 15) is 13.2 Å². The molecule has 1 aromatic carbocycles. The third-order valence-electron chi connectivity index (χ3n) is 3.67. The number of sulfonamides is 1. The van der Waals surface area contributed by atoms with Gasteiger partial charge in [0.15, 0.2) is 0 Å². The van der Waals surface area contributed by atoms with Crippen LogP contribution in [0.2, 0.25) is 0 Å². The minimum atomic E-state index is -3.49. The fraction of sp³-hybridized carbons (Fsp3) is 0.562. The largest absolute Gasteiger partial charge is 0.350 e. The average molecular weight is 341 g/mol. The van der Waals surface area contributed by atoms with Crippen molar-refractivity contribution in [1.29, 1.82) is 0 Å². The highest BCUT2D eigenvalue weighted by molar-refractivity contribution is 7.89. The van der Waals surface area contributed by atoms with E-state index in [1.54, 1.807) is 6.92 Å². The molecule has 23 heavy (non-hydrogen) atoms. The van der Waals surface area contributed by atoms with Crippen LogP contribution in [0.5, 0.6) is 0 Å². The predicted octanol–water partition coefficient (Wildman–Crippen LogP) is 1.30. The van der Waals surface area contributed by atoms with Crippen LogP contribution < -0.4 is 10.0 Å². The monoisotopic (exact) mass is 341 g/mol. The zero-order chi connectivity index (χ0) is 17.6. The van der Waals surface area contributed by atoms with E-state index >= 15 is 0 Å². The minimum Gasteiger partial charge on any atom is -0.350 e. The molecule has 1 rings (SSSR count). The van der Waals surface area contributed by atoms with Gasteiger partial charge >= 0.3 is 0 Å². The Hall–Kier alpha value is -1.44. The molecule has 0 aromatic heterocycles. The second kappa shape index (κ2) is 8.42. The summed E-state index contributed by atoms with van der Waals surface area (Å²) in [4.78, 5) is 14.4. The van der Waals surface area contributed by atoms with E-state index in [1.165, 1.54) is 24.3 Å². The van der Waals surface area contributed by atoms with Gasteiger partial charge in [0, 0.05) is 24.7 Å². The van der Waals surface area contributed by atoms with Crippen molar-refractivity contribution in [2.45, 2.75) is 31.7 Å². The molecule has 7 heteroatoms. The van der Waals surface area contributed by atoms with Gasteiger partial charge in [-0.1, -0.05) is 20.8 Å². The van der Waals surface area contributed by atoms with Crippen LogP contribution in [-0.2, 0) is 10.0 Å². The Morgan fingerprint density at radius 1 is 1.17 bits per heavy atom. The molecule has 0 saturated carbocycles. The molecule has 2 N–H and O–H groups in total. The topological polar surface area (TPSA) is 78.5 Å². The number of nitrogens with zero attached hydrogens (tertiary/aromatic N) is 1. The van der Waals surface area contributed by atoms with Crippen LogP contribution in [-0.4, -0.2) is 52.5 Å². The van der Waals surface area contributed by atoms with Crippen LogP contribution in [0.15, 0.2) is 29.2 Å². The SMILES string of the molecule is CCNS(=O)(=O)c1ccc(C(=O)NCC(C(C)C)N(C)C)cc1. The normalized spacial score (nSPS) is 13.3. The molecule has 0 aliphatic heterocycles. The molecular weight excluding hydrogens is 314 g/mol. The van der Waals surface area contributed by atoms with Gasteiger partial charge in [0.1, 0.15) is 0 Å². The van der Waals surface area contributed by atoms with Crippen molar-refractivity contribution in [2.75, 3.05) is 27.2 Å². The van der Waals surface area contributed by atoms with Gasteiger partial charge in [-0.25, -0.2) is 13.1 Å². The van der Waals surface area contributed by atoms with Crippen LogP contribution in [0.25, 0.3) is 0 Å². The number of amides is 1. The fourth-order valence-corrected chi connectivity index (χ4v) is 3.41. The van der Waals surface area contributed by atoms with E-state index in [4.69, 9.17) is 0 Å². The Balaban J connectivity index is 2.75. The van der Waals surface area contributed by atoms with E-state index in [1.807, 2.05) is 14.1 Å². The predicted molar refractivity (Wildman–Crippen MR) is 92.0 cm³/mol. The number of nitrogens with one attached hydrogen (secondary N) is 2. The van der Waals surface area contributed by atoms with Gasteiger partial charge in [0.2, 0.25) is 10.0 Å². The number of carbonyl (C=O) groups is 1. The first-order chi connectivity index (χ1) is 10.7. The number of rotatable bonds is 8. The highest BCUT2D eigenvalue weighted by Gasteiger charge is 2.18. The Morgan fingerprint density at radius 3 is 2.17 bits per heavy atom. The molecule has 0 fully saturated rings. The third kappa shape index (κ3) is 5.60. The second-order valence-electron chi connectivity index (χ2n) is 6.01. The molecule has 0 bridgehead atoms. The summed E-state index contributed by atoms with van der Waals surface area (Å²) in [6, 6.07) is 6.18. The maximum Gasteiger partial charge on any atom is 0.251 e. The highest BCUT2D eigenvalue weighted by atomic mass is 32.2. The van der Waals surface area contributed by atoms with Crippen LogP contribution in [0.4, 0.5) is 0 Å². The standard InChI is InChI=1S/C16H27N3O3S/c1-6-18-23(21,22)14-9-7-13(8-10-14)16(20)17-11-15(12(2)3)19(4)5/h7-10,12,15,18H,6,11H2,1-5H3,(H,17,20). The van der Waals surface area contributed by atoms with Crippen LogP contribution >= 0.6 is 0 Å². The highest BCUT2D eigenvalue weighted by Crippen LogP contribution is 2.11. The molecule has 1 atom stereocenters. The van der Waals surface area contributed by atoms with Crippen LogP contribution in [0.3, 0.4) is 0 Å². The first-order valence-corrected chi connectivity index (χ1v) is 9.21. The summed E-state index contributed by atoms with van der Waals surface area (Å²) in [5, 5.41) is 2.90. The Labute approximate surface area is 139 Å². The molecule has 0 radical (unpaired) electrons. The zero-order valence-corrected chi connectivity index (χ0v) is 15.3. The van der Waals surface area contributed by atoms with Crippen molar-refractivity contribution in [3.05, 3.63) is 29.8 Å². The van der Waals surface area contributed by atoms with Crippen molar-refractivity contribution < 1.29 is 13.2 Å². The molecule has 6 nitrogen and oxygen atoms in total. The molecule has 0 saturated heterocycles. The number of carbonyl (C=O) groups excluding carboxylic acids is 1. The Morgan fingerprint density at radius 2 is 1.74 bits per heavy atom. The summed E-state index contributed by atoms with van der Waals surface area (Å²) in [5.41, 5.74) is 0.446. The Kier molecular flexibility index (Phi) is 7.18. The summed E-state index contributed by atoms with van der Waals surface area (Å²) >= 11 is 0. The molecule has 0 aliphatic carbocycles. The molecule has 0 heterocycles. The lowest BCUT2D eigenvalue weighted by Gasteiger charge is -2.28. The van der Waals surface area contributed by atoms with Gasteiger partial charge < -0.3 is 10.2 Å². The quantitative estimate of drug-likeness (QED) is 0.747. The van der Waals surface area contributed by atoms with Gasteiger partial charge in [0.05, 0.1) is 4.90 Å². The second-order valence-corrected chi connectivity index (χ2v) is 7.78. The van der Waals surface area contributed by atoms with Crippen molar-refractivity contribution in [2.24, 2.45) is 5.92 Å². The van der Waals surface area contributed by atoms with E-state index in [2.05, 4.69) is 28.8 Å². The van der Waals surface area contributed by atoms with Crippen LogP contribution in [0.1, 0.15) is 31.1 Å². The fourth-order valence-electron chi connectivity index (χ4n) is 2.37. The number of hydrogen-bond acceptors (Lipinski definition) is 4. The van der Waals surface area contributed by atoms with Gasteiger partial charge in [-0.3, -0.25) is 4.79 Å². The van der Waals surface area contributed by atoms with Crippen molar-refractivity contribution in [3.8, 4) is 0 Å². The zero-order valence-electron chi connectivity index (χ0n) is 14.5. The van der Waals surface area contributed by atoms with E-state index in [0.29, 0.717) is 24.6 Å². The van der Waals surface area contributed by atoms with Crippen molar-refractivity contribution in [1.82, 2.24) is 14.9 Å². The molecule has 0 spiro atoms. The molecule has 1 unspecified atom stereocenters. The summed E-state index contributed by atoms with van der Waals surface area (Å²) in [6.45, 7) is 6.80. The van der Waals surface area contributed by atoms with Crippen molar-refractivity contribution >= 4 is 15.9 Å². The molecule has 1 aromatic rings. The summed E-state index contributed by atoms with van der Waals surface area (Å²) in [6.07, 6.45) is 0. The van der Waals surface area contributed by atoms with Gasteiger partial charge in [-0.05, 0) is 44.3 Å². The molecule has 1 amide bonds. The Bertz CT molecular complexity index is 602. The third-order valence-corrected chi connectivity index (χ3v) is 5.23. The molecular formula is C16H27N3O3S. The molecule has 130 valence electrons. The number of benzene rings is 1. The summed E-state index contributed by atoms with van der Waals surface area (Å²) in [7, 11) is 0.477. The average Bonchev–Trinajstić information content (AvgIpc) is 2.46. The lowest BCUT2D eigenvalue weighted by atomic mass is 10.0. The summed E-state index contributed by atoms with van der Waals surface area (Å²) in [5.74, 6) is 0.211. The summed E-state index contributed by atoms with van der Waals surface area (Å²) < 4.78 is 26.1. The van der Waals surface area contributed by atoms with Gasteiger partial charge in [-0.2, -0.15) is 0 Å². The van der Waals surface area contributed by atoms with Crippen LogP contribution in [0, 0.1) is 5.92 Å². The maximum absolute atomic E-state index is 12.2. The maximum atomic E-state index is 12.2. The minimum absolute atomic E-state index is 0.157. The number of likely N-dealkylation sites (N-methyl/N-ethyl adjacent to an activating group) is 1. The van der Waals surface area contributed by atoms with E-state index in [0.717, 1.165) is 0 Å².